The average Bonchev–Trinajstić information content (AvgIpc) is 3.22. The van der Waals surface area contributed by atoms with E-state index in [9.17, 15) is 14.4 Å². The van der Waals surface area contributed by atoms with E-state index in [2.05, 4.69) is 5.32 Å². The fraction of sp³-hybridized carbons (Fsp3) is 0.208. The summed E-state index contributed by atoms with van der Waals surface area (Å²) in [7, 11) is 1.52. The fourth-order valence-electron chi connectivity index (χ4n) is 3.61. The summed E-state index contributed by atoms with van der Waals surface area (Å²) in [5.74, 6) is 0.102. The zero-order valence-electron chi connectivity index (χ0n) is 18.3. The van der Waals surface area contributed by atoms with Crippen molar-refractivity contribution in [3.63, 3.8) is 0 Å². The van der Waals surface area contributed by atoms with Crippen LogP contribution in [0.5, 0.6) is 5.75 Å². The van der Waals surface area contributed by atoms with Gasteiger partial charge in [0.2, 0.25) is 5.91 Å². The molecule has 0 saturated carbocycles. The molecule has 1 N–H and O–H groups in total. The molecule has 0 radical (unpaired) electrons. The molecule has 2 aromatic carbocycles. The van der Waals surface area contributed by atoms with E-state index >= 15 is 0 Å². The predicted molar refractivity (Wildman–Crippen MR) is 132 cm³/mol. The van der Waals surface area contributed by atoms with Gasteiger partial charge >= 0.3 is 5.69 Å². The summed E-state index contributed by atoms with van der Waals surface area (Å²) in [6.45, 7) is 3.61. The lowest BCUT2D eigenvalue weighted by Gasteiger charge is -2.14. The van der Waals surface area contributed by atoms with Gasteiger partial charge in [-0.3, -0.25) is 14.2 Å². The number of methoxy groups -OCH3 is 1. The lowest BCUT2D eigenvalue weighted by molar-refractivity contribution is -0.116. The highest BCUT2D eigenvalue weighted by molar-refractivity contribution is 7.18. The maximum atomic E-state index is 13.5. The second-order valence-electron chi connectivity index (χ2n) is 7.53. The van der Waals surface area contributed by atoms with Crippen LogP contribution < -0.4 is 21.3 Å². The minimum atomic E-state index is -0.606. The van der Waals surface area contributed by atoms with Crippen LogP contribution in [0.2, 0.25) is 5.02 Å². The number of hydrogen-bond acceptors (Lipinski definition) is 5. The van der Waals surface area contributed by atoms with Gasteiger partial charge in [-0.15, -0.1) is 11.3 Å². The molecule has 9 heteroatoms. The highest BCUT2D eigenvalue weighted by Gasteiger charge is 2.20. The number of nitrogens with zero attached hydrogens (tertiary/aromatic N) is 2. The van der Waals surface area contributed by atoms with Crippen LogP contribution in [0.4, 0.5) is 5.69 Å². The maximum absolute atomic E-state index is 13.5. The molecule has 4 rings (SSSR count). The lowest BCUT2D eigenvalue weighted by atomic mass is 10.2. The Kier molecular flexibility index (Phi) is 6.40. The minimum absolute atomic E-state index is 0.267. The third-order valence-electron chi connectivity index (χ3n) is 5.21. The highest BCUT2D eigenvalue weighted by Crippen LogP contribution is 2.26. The number of ether oxygens (including phenoxy) is 1. The first kappa shape index (κ1) is 22.8. The number of thiophene rings is 1. The molecule has 0 aliphatic rings. The van der Waals surface area contributed by atoms with Crippen LogP contribution in [0.1, 0.15) is 17.4 Å². The van der Waals surface area contributed by atoms with Gasteiger partial charge in [-0.25, -0.2) is 9.36 Å². The Morgan fingerprint density at radius 3 is 2.64 bits per heavy atom. The Balaban J connectivity index is 1.84. The molecule has 1 amide bonds. The Labute approximate surface area is 198 Å². The first-order valence-corrected chi connectivity index (χ1v) is 11.5. The Bertz CT molecular complexity index is 1490. The van der Waals surface area contributed by atoms with Gasteiger partial charge in [-0.2, -0.15) is 0 Å². The van der Waals surface area contributed by atoms with Crippen LogP contribution in [0, 0.1) is 6.92 Å². The number of aromatic nitrogens is 2. The van der Waals surface area contributed by atoms with Crippen molar-refractivity contribution in [3.8, 4) is 11.4 Å². The molecule has 2 heterocycles. The van der Waals surface area contributed by atoms with E-state index in [0.717, 1.165) is 15.0 Å². The lowest BCUT2D eigenvalue weighted by Crippen LogP contribution is -2.40. The standard InChI is InChI=1S/C24H22ClN3O4S/c1-4-17-12-18-22(30)28(16-7-5-6-15(25)11-16)24(31)27(23(18)33-17)13-21(29)26-19-10-14(2)8-9-20(19)32-3/h5-12H,4,13H2,1-3H3,(H,26,29). The van der Waals surface area contributed by atoms with Crippen molar-refractivity contribution in [1.29, 1.82) is 0 Å². The molecule has 0 atom stereocenters. The summed E-state index contributed by atoms with van der Waals surface area (Å²) in [5.41, 5.74) is 0.760. The smallest absolute Gasteiger partial charge is 0.337 e. The summed E-state index contributed by atoms with van der Waals surface area (Å²) in [6, 6.07) is 13.7. The van der Waals surface area contributed by atoms with Gasteiger partial charge in [-0.1, -0.05) is 30.7 Å². The second kappa shape index (κ2) is 9.25. The number of anilines is 1. The molecule has 0 fully saturated rings. The molecule has 0 aliphatic carbocycles. The highest BCUT2D eigenvalue weighted by atomic mass is 35.5. The number of amides is 1. The first-order valence-electron chi connectivity index (χ1n) is 10.3. The van der Waals surface area contributed by atoms with Crippen LogP contribution in [0.3, 0.4) is 0 Å². The summed E-state index contributed by atoms with van der Waals surface area (Å²) in [6.07, 6.45) is 0.705. The Morgan fingerprint density at radius 2 is 1.94 bits per heavy atom. The van der Waals surface area contributed by atoms with Crippen molar-refractivity contribution < 1.29 is 9.53 Å². The van der Waals surface area contributed by atoms with Gasteiger partial charge in [0, 0.05) is 9.90 Å². The van der Waals surface area contributed by atoms with Crippen molar-refractivity contribution >= 4 is 44.7 Å². The summed E-state index contributed by atoms with van der Waals surface area (Å²) in [4.78, 5) is 41.1. The summed E-state index contributed by atoms with van der Waals surface area (Å²) >= 11 is 7.44. The maximum Gasteiger partial charge on any atom is 0.337 e. The number of nitrogens with one attached hydrogen (secondary N) is 1. The number of carbonyl (C=O) groups is 1. The van der Waals surface area contributed by atoms with Crippen LogP contribution >= 0.6 is 22.9 Å². The molecule has 7 nitrogen and oxygen atoms in total. The van der Waals surface area contributed by atoms with Crippen LogP contribution in [0.25, 0.3) is 15.9 Å². The molecule has 2 aromatic heterocycles. The normalized spacial score (nSPS) is 11.0. The zero-order valence-corrected chi connectivity index (χ0v) is 19.9. The van der Waals surface area contributed by atoms with Crippen LogP contribution in [-0.4, -0.2) is 22.2 Å². The van der Waals surface area contributed by atoms with Gasteiger partial charge < -0.3 is 10.1 Å². The van der Waals surface area contributed by atoms with Crippen molar-refractivity contribution in [1.82, 2.24) is 9.13 Å². The van der Waals surface area contributed by atoms with Crippen molar-refractivity contribution in [2.75, 3.05) is 12.4 Å². The largest absolute Gasteiger partial charge is 0.495 e. The van der Waals surface area contributed by atoms with E-state index in [4.69, 9.17) is 16.3 Å². The molecule has 33 heavy (non-hydrogen) atoms. The fourth-order valence-corrected chi connectivity index (χ4v) is 4.87. The molecule has 4 aromatic rings. The van der Waals surface area contributed by atoms with Gasteiger partial charge in [0.15, 0.2) is 0 Å². The molecular formula is C24H22ClN3O4S. The molecule has 170 valence electrons. The van der Waals surface area contributed by atoms with E-state index in [1.807, 2.05) is 19.9 Å². The van der Waals surface area contributed by atoms with Crippen molar-refractivity contribution in [2.24, 2.45) is 0 Å². The molecule has 0 bridgehead atoms. The van der Waals surface area contributed by atoms with Crippen LogP contribution in [0.15, 0.2) is 58.1 Å². The SMILES string of the molecule is CCc1cc2c(=O)n(-c3cccc(Cl)c3)c(=O)n(CC(=O)Nc3cc(C)ccc3OC)c2s1. The molecule has 0 aliphatic heterocycles. The third kappa shape index (κ3) is 4.44. The number of rotatable bonds is 6. The monoisotopic (exact) mass is 483 g/mol. The van der Waals surface area contributed by atoms with Gasteiger partial charge in [-0.05, 0) is 55.3 Å². The zero-order chi connectivity index (χ0) is 23.7. The van der Waals surface area contributed by atoms with E-state index in [0.29, 0.717) is 38.8 Å². The van der Waals surface area contributed by atoms with Crippen molar-refractivity contribution in [3.05, 3.63) is 84.8 Å². The van der Waals surface area contributed by atoms with Crippen LogP contribution in [-0.2, 0) is 17.8 Å². The van der Waals surface area contributed by atoms with E-state index in [1.165, 1.54) is 23.0 Å². The van der Waals surface area contributed by atoms with Gasteiger partial charge in [0.05, 0.1) is 23.9 Å². The Morgan fingerprint density at radius 1 is 1.15 bits per heavy atom. The minimum Gasteiger partial charge on any atom is -0.495 e. The second-order valence-corrected chi connectivity index (χ2v) is 9.08. The number of halogens is 1. The Hall–Kier alpha value is -3.36. The quantitative estimate of drug-likeness (QED) is 0.441. The predicted octanol–water partition coefficient (Wildman–Crippen LogP) is 4.39. The average molecular weight is 484 g/mol. The van der Waals surface area contributed by atoms with Crippen molar-refractivity contribution in [2.45, 2.75) is 26.8 Å². The van der Waals surface area contributed by atoms with Gasteiger partial charge in [0.25, 0.3) is 5.56 Å². The number of carbonyl (C=O) groups excluding carboxylic acids is 1. The summed E-state index contributed by atoms with van der Waals surface area (Å²) in [5, 5.41) is 3.60. The number of fused-ring (bicyclic) bond motifs is 1. The van der Waals surface area contributed by atoms with E-state index in [1.54, 1.807) is 42.5 Å². The number of aryl methyl sites for hydroxylation is 2. The van der Waals surface area contributed by atoms with Gasteiger partial charge in [0.1, 0.15) is 17.1 Å². The molecular weight excluding hydrogens is 462 g/mol. The van der Waals surface area contributed by atoms with E-state index < -0.39 is 17.2 Å². The first-order chi connectivity index (χ1) is 15.8. The molecule has 0 saturated heterocycles. The van der Waals surface area contributed by atoms with E-state index in [-0.39, 0.29) is 6.54 Å². The molecule has 0 unspecified atom stereocenters. The summed E-state index contributed by atoms with van der Waals surface area (Å²) < 4.78 is 7.72. The number of hydrogen-bond donors (Lipinski definition) is 1. The molecule has 0 spiro atoms. The number of benzene rings is 2. The third-order valence-corrected chi connectivity index (χ3v) is 6.75. The topological polar surface area (TPSA) is 82.3 Å².